The maximum Gasteiger partial charge on any atom is 0.329 e. The van der Waals surface area contributed by atoms with Crippen molar-refractivity contribution < 1.29 is 14.3 Å². The molecule has 1 saturated carbocycles. The summed E-state index contributed by atoms with van der Waals surface area (Å²) in [4.78, 5) is 36.1. The van der Waals surface area contributed by atoms with Gasteiger partial charge in [-0.05, 0) is 36.8 Å². The van der Waals surface area contributed by atoms with Gasteiger partial charge in [-0.3, -0.25) is 9.78 Å². The van der Waals surface area contributed by atoms with Crippen LogP contribution in [0.1, 0.15) is 30.7 Å². The van der Waals surface area contributed by atoms with Crippen molar-refractivity contribution >= 4 is 40.0 Å². The molecule has 0 spiro atoms. The van der Waals surface area contributed by atoms with Crippen molar-refractivity contribution in [1.29, 1.82) is 0 Å². The number of nitrogens with one attached hydrogen (secondary N) is 1. The van der Waals surface area contributed by atoms with Crippen molar-refractivity contribution in [3.63, 3.8) is 0 Å². The predicted molar refractivity (Wildman–Crippen MR) is 117 cm³/mol. The number of halogens is 1. The largest absolute Gasteiger partial charge is 0.495 e. The molecule has 7 nitrogen and oxygen atoms in total. The Morgan fingerprint density at radius 3 is 2.84 bits per heavy atom. The van der Waals surface area contributed by atoms with Gasteiger partial charge >= 0.3 is 6.03 Å². The highest BCUT2D eigenvalue weighted by molar-refractivity contribution is 6.30. The first-order valence-corrected chi connectivity index (χ1v) is 10.6. The molecule has 1 aliphatic heterocycles. The maximum atomic E-state index is 13.4. The van der Waals surface area contributed by atoms with Crippen LogP contribution in [0.2, 0.25) is 5.15 Å². The average Bonchev–Trinajstić information content (AvgIpc) is 2.79. The van der Waals surface area contributed by atoms with Gasteiger partial charge in [0, 0.05) is 23.0 Å². The summed E-state index contributed by atoms with van der Waals surface area (Å²) in [5, 5.41) is 5.19. The highest BCUT2D eigenvalue weighted by atomic mass is 35.5. The first-order valence-electron chi connectivity index (χ1n) is 10.2. The number of fused-ring (bicyclic) bond motifs is 2. The number of methoxy groups -OCH3 is 1. The number of aromatic nitrogens is 2. The van der Waals surface area contributed by atoms with Crippen LogP contribution in [0.4, 0.5) is 10.5 Å². The van der Waals surface area contributed by atoms with E-state index < -0.39 is 6.03 Å². The molecule has 3 heterocycles. The number of hydrogen-bond acceptors (Lipinski definition) is 5. The smallest absolute Gasteiger partial charge is 0.329 e. The molecule has 0 bridgehead atoms. The minimum atomic E-state index is -0.417. The third kappa shape index (κ3) is 3.39. The summed E-state index contributed by atoms with van der Waals surface area (Å²) in [6.45, 7) is 0. The summed E-state index contributed by atoms with van der Waals surface area (Å²) in [5.74, 6) is 0.264. The predicted octanol–water partition coefficient (Wildman–Crippen LogP) is 4.30. The Morgan fingerprint density at radius 2 is 2.00 bits per heavy atom. The normalized spacial score (nSPS) is 23.4. The van der Waals surface area contributed by atoms with Crippen LogP contribution in [0.25, 0.3) is 10.8 Å². The molecule has 3 atom stereocenters. The summed E-state index contributed by atoms with van der Waals surface area (Å²) >= 11 is 6.34. The van der Waals surface area contributed by atoms with Crippen LogP contribution in [0.15, 0.2) is 48.9 Å². The maximum absolute atomic E-state index is 13.4. The summed E-state index contributed by atoms with van der Waals surface area (Å²) in [6, 6.07) is 8.83. The first kappa shape index (κ1) is 19.8. The number of benzene rings is 1. The second-order valence-electron chi connectivity index (χ2n) is 7.98. The molecule has 2 aliphatic rings. The number of amides is 3. The quantitative estimate of drug-likeness (QED) is 0.619. The molecule has 2 fully saturated rings. The molecule has 0 radical (unpaired) electrons. The second kappa shape index (κ2) is 7.81. The summed E-state index contributed by atoms with van der Waals surface area (Å²) in [7, 11) is 1.59. The van der Waals surface area contributed by atoms with Crippen molar-refractivity contribution in [3.8, 4) is 5.75 Å². The van der Waals surface area contributed by atoms with Crippen LogP contribution in [-0.4, -0.2) is 35.1 Å². The number of rotatable bonds is 3. The van der Waals surface area contributed by atoms with Crippen molar-refractivity contribution in [2.24, 2.45) is 5.92 Å². The van der Waals surface area contributed by atoms with E-state index in [2.05, 4.69) is 15.3 Å². The molecular weight excluding hydrogens is 416 g/mol. The molecule has 2 aromatic heterocycles. The van der Waals surface area contributed by atoms with E-state index in [0.717, 1.165) is 22.8 Å². The fourth-order valence-corrected chi connectivity index (χ4v) is 5.00. The number of carbonyl (C=O) groups is 2. The Morgan fingerprint density at radius 1 is 1.16 bits per heavy atom. The number of urea groups is 1. The van der Waals surface area contributed by atoms with E-state index in [0.29, 0.717) is 29.4 Å². The van der Waals surface area contributed by atoms with Gasteiger partial charge in [-0.25, -0.2) is 14.7 Å². The first-order chi connectivity index (χ1) is 15.1. The molecular formula is C23H21ClN4O3. The SMILES string of the molecule is COc1cnc(Cl)c(C2CCC3C(=O)N(c4cncc5ccccc45)C(=O)NC3C2)c1. The van der Waals surface area contributed by atoms with Crippen molar-refractivity contribution in [2.75, 3.05) is 12.0 Å². The van der Waals surface area contributed by atoms with Crippen LogP contribution in [-0.2, 0) is 4.79 Å². The zero-order valence-corrected chi connectivity index (χ0v) is 17.7. The zero-order chi connectivity index (χ0) is 21.5. The summed E-state index contributed by atoms with van der Waals surface area (Å²) in [5.41, 5.74) is 1.41. The Hall–Kier alpha value is -3.19. The number of ether oxygens (including phenoxy) is 1. The fourth-order valence-electron chi connectivity index (χ4n) is 4.75. The lowest BCUT2D eigenvalue weighted by Crippen LogP contribution is -2.61. The average molecular weight is 437 g/mol. The van der Waals surface area contributed by atoms with Crippen LogP contribution in [0.3, 0.4) is 0 Å². The molecule has 8 heteroatoms. The molecule has 1 aromatic carbocycles. The van der Waals surface area contributed by atoms with Gasteiger partial charge in [-0.15, -0.1) is 0 Å². The van der Waals surface area contributed by atoms with Crippen molar-refractivity contribution in [2.45, 2.75) is 31.2 Å². The van der Waals surface area contributed by atoms with Crippen LogP contribution in [0.5, 0.6) is 5.75 Å². The van der Waals surface area contributed by atoms with E-state index in [9.17, 15) is 9.59 Å². The standard InChI is InChI=1S/C23H21ClN4O3/c1-31-15-9-18(21(24)26-11-15)13-6-7-17-19(8-13)27-23(30)28(22(17)29)20-12-25-10-14-4-2-3-5-16(14)20/h2-5,9-13,17,19H,6-8H2,1H3,(H,27,30). The van der Waals surface area contributed by atoms with E-state index in [1.807, 2.05) is 30.3 Å². The van der Waals surface area contributed by atoms with Crippen LogP contribution in [0, 0.1) is 5.92 Å². The van der Waals surface area contributed by atoms with Gasteiger partial charge in [-0.2, -0.15) is 0 Å². The Bertz CT molecular complexity index is 1180. The third-order valence-corrected chi connectivity index (χ3v) is 6.62. The molecule has 1 saturated heterocycles. The van der Waals surface area contributed by atoms with Gasteiger partial charge in [0.2, 0.25) is 5.91 Å². The van der Waals surface area contributed by atoms with Gasteiger partial charge < -0.3 is 10.1 Å². The zero-order valence-electron chi connectivity index (χ0n) is 16.9. The molecule has 5 rings (SSSR count). The second-order valence-corrected chi connectivity index (χ2v) is 8.34. The lowest BCUT2D eigenvalue weighted by molar-refractivity contribution is -0.124. The Balaban J connectivity index is 1.43. The highest BCUT2D eigenvalue weighted by Crippen LogP contribution is 2.42. The molecule has 3 amide bonds. The monoisotopic (exact) mass is 436 g/mol. The number of nitrogens with zero attached hydrogens (tertiary/aromatic N) is 3. The molecule has 3 aromatic rings. The topological polar surface area (TPSA) is 84.4 Å². The van der Waals surface area contributed by atoms with Gasteiger partial charge in [0.1, 0.15) is 10.9 Å². The van der Waals surface area contributed by atoms with Crippen LogP contribution < -0.4 is 15.0 Å². The number of hydrogen-bond donors (Lipinski definition) is 1. The van der Waals surface area contributed by atoms with Crippen molar-refractivity contribution in [1.82, 2.24) is 15.3 Å². The van der Waals surface area contributed by atoms with E-state index in [4.69, 9.17) is 16.3 Å². The van der Waals surface area contributed by atoms with Crippen molar-refractivity contribution in [3.05, 3.63) is 59.6 Å². The molecule has 3 unspecified atom stereocenters. The highest BCUT2D eigenvalue weighted by Gasteiger charge is 2.45. The number of carbonyl (C=O) groups excluding carboxylic acids is 2. The summed E-state index contributed by atoms with van der Waals surface area (Å²) < 4.78 is 5.28. The van der Waals surface area contributed by atoms with Gasteiger partial charge in [0.25, 0.3) is 0 Å². The van der Waals surface area contributed by atoms with E-state index in [-0.39, 0.29) is 23.8 Å². The summed E-state index contributed by atoms with van der Waals surface area (Å²) in [6.07, 6.45) is 6.94. The number of pyridine rings is 2. The van der Waals surface area contributed by atoms with Gasteiger partial charge in [0.05, 0.1) is 31.1 Å². The fraction of sp³-hybridized carbons (Fsp3) is 0.304. The third-order valence-electron chi connectivity index (χ3n) is 6.30. The lowest BCUT2D eigenvalue weighted by atomic mass is 9.74. The minimum absolute atomic E-state index is 0.0928. The molecule has 1 aliphatic carbocycles. The van der Waals surface area contributed by atoms with E-state index in [1.54, 1.807) is 25.7 Å². The Labute approximate surface area is 184 Å². The molecule has 1 N–H and O–H groups in total. The molecule has 158 valence electrons. The lowest BCUT2D eigenvalue weighted by Gasteiger charge is -2.42. The van der Waals surface area contributed by atoms with Gasteiger partial charge in [0.15, 0.2) is 0 Å². The van der Waals surface area contributed by atoms with Crippen LogP contribution >= 0.6 is 11.6 Å². The number of anilines is 1. The number of imide groups is 1. The minimum Gasteiger partial charge on any atom is -0.495 e. The van der Waals surface area contributed by atoms with Gasteiger partial charge in [-0.1, -0.05) is 35.9 Å². The molecule has 31 heavy (non-hydrogen) atoms. The van der Waals surface area contributed by atoms with E-state index in [1.165, 1.54) is 4.90 Å². The van der Waals surface area contributed by atoms with E-state index >= 15 is 0 Å². The Kier molecular flexibility index (Phi) is 4.98.